The smallest absolute Gasteiger partial charge is 0.411 e. The van der Waals surface area contributed by atoms with Crippen LogP contribution in [0.15, 0.2) is 69.6 Å². The molecule has 0 spiro atoms. The summed E-state index contributed by atoms with van der Waals surface area (Å²) in [5.41, 5.74) is 1.02. The lowest BCUT2D eigenvalue weighted by atomic mass is 9.93. The second kappa shape index (κ2) is 17.9. The molecular weight excluding hydrogens is 705 g/mol. The fraction of sp³-hybridized carbons (Fsp3) is 0.471. The maximum Gasteiger partial charge on any atom is 0.411 e. The zero-order valence-corrected chi connectivity index (χ0v) is 29.1. The lowest BCUT2D eigenvalue weighted by molar-refractivity contribution is -0.159. The molecule has 2 aliphatic heterocycles. The number of ether oxygens (including phenoxy) is 2. The number of hydrogen-bond donors (Lipinski definition) is 3. The minimum Gasteiger partial charge on any atom is -0.460 e. The monoisotopic (exact) mass is 745 g/mol. The fourth-order valence-corrected chi connectivity index (χ4v) is 5.77. The number of nitrogens with one attached hydrogen (secondary N) is 2. The Morgan fingerprint density at radius 1 is 1.29 bits per heavy atom. The minimum absolute atomic E-state index is 0.00830. The van der Waals surface area contributed by atoms with Crippen molar-refractivity contribution in [3.05, 3.63) is 76.7 Å². The molecule has 2 aromatic rings. The number of allylic oxidation sites excluding steroid dienone is 2. The maximum atomic E-state index is 14.8. The van der Waals surface area contributed by atoms with Crippen molar-refractivity contribution in [3.8, 4) is 0 Å². The number of alkyl halides is 1. The van der Waals surface area contributed by atoms with Gasteiger partial charge in [-0.15, -0.1) is 0 Å². The van der Waals surface area contributed by atoms with Gasteiger partial charge in [0.1, 0.15) is 29.2 Å². The number of anilines is 1. The van der Waals surface area contributed by atoms with E-state index in [2.05, 4.69) is 36.5 Å². The van der Waals surface area contributed by atoms with Crippen LogP contribution in [0, 0.1) is 11.8 Å². The van der Waals surface area contributed by atoms with Gasteiger partial charge in [0.2, 0.25) is 5.91 Å². The van der Waals surface area contributed by atoms with Crippen LogP contribution in [-0.4, -0.2) is 88.0 Å². The first-order valence-electron chi connectivity index (χ1n) is 16.0. The van der Waals surface area contributed by atoms with Crippen molar-refractivity contribution in [2.75, 3.05) is 25.0 Å². The van der Waals surface area contributed by atoms with E-state index in [-0.39, 0.29) is 44.1 Å². The van der Waals surface area contributed by atoms with E-state index in [0.29, 0.717) is 28.7 Å². The fourth-order valence-electron chi connectivity index (χ4n) is 5.54. The van der Waals surface area contributed by atoms with Gasteiger partial charge in [-0.3, -0.25) is 14.9 Å². The summed E-state index contributed by atoms with van der Waals surface area (Å²) in [5.74, 6) is -2.66. The van der Waals surface area contributed by atoms with Crippen LogP contribution in [0.3, 0.4) is 0 Å². The predicted octanol–water partition coefficient (Wildman–Crippen LogP) is 4.69. The second-order valence-electron chi connectivity index (χ2n) is 12.1. The number of aliphatic hydroxyl groups is 1. The van der Waals surface area contributed by atoms with Crippen molar-refractivity contribution in [2.24, 2.45) is 11.8 Å². The number of carbonyl (C=O) groups excluding carboxylic acids is 4. The lowest BCUT2D eigenvalue weighted by Gasteiger charge is -2.30. The molecule has 1 saturated heterocycles. The number of aromatic nitrogens is 2. The first kappa shape index (κ1) is 37.4. The van der Waals surface area contributed by atoms with E-state index in [9.17, 15) is 28.7 Å². The maximum absolute atomic E-state index is 14.8. The number of esters is 1. The highest BCUT2D eigenvalue weighted by atomic mass is 79.9. The molecule has 0 unspecified atom stereocenters. The van der Waals surface area contributed by atoms with Crippen molar-refractivity contribution in [3.63, 3.8) is 0 Å². The number of rotatable bonds is 4. The van der Waals surface area contributed by atoms with Crippen molar-refractivity contribution >= 4 is 45.5 Å². The van der Waals surface area contributed by atoms with Gasteiger partial charge in [-0.2, -0.15) is 0 Å². The zero-order valence-electron chi connectivity index (χ0n) is 27.5. The average molecular weight is 747 g/mol. The van der Waals surface area contributed by atoms with Crippen molar-refractivity contribution in [1.82, 2.24) is 20.2 Å². The van der Waals surface area contributed by atoms with Crippen LogP contribution in [0.5, 0.6) is 0 Å². The van der Waals surface area contributed by atoms with Gasteiger partial charge in [-0.25, -0.2) is 23.9 Å². The third-order valence-electron chi connectivity index (χ3n) is 8.01. The number of amides is 3. The number of fused-ring (bicyclic) bond motifs is 3. The van der Waals surface area contributed by atoms with Crippen LogP contribution in [0.25, 0.3) is 0 Å². The Labute approximate surface area is 292 Å². The third kappa shape index (κ3) is 11.3. The summed E-state index contributed by atoms with van der Waals surface area (Å²) >= 11 is 3.23. The summed E-state index contributed by atoms with van der Waals surface area (Å²) in [4.78, 5) is 61.7. The molecule has 2 aromatic heterocycles. The molecule has 3 amide bonds. The van der Waals surface area contributed by atoms with E-state index in [1.165, 1.54) is 23.2 Å². The van der Waals surface area contributed by atoms with E-state index in [0.717, 1.165) is 6.26 Å². The number of cyclic esters (lactones) is 1. The van der Waals surface area contributed by atoms with Crippen molar-refractivity contribution < 1.29 is 42.6 Å². The summed E-state index contributed by atoms with van der Waals surface area (Å²) in [6.45, 7) is 5.57. The highest BCUT2D eigenvalue weighted by Gasteiger charge is 2.39. The molecule has 15 heteroatoms. The third-order valence-corrected chi connectivity index (χ3v) is 8.48. The van der Waals surface area contributed by atoms with E-state index < -0.39 is 60.1 Å². The molecule has 13 nitrogen and oxygen atoms in total. The molecule has 49 heavy (non-hydrogen) atoms. The number of aliphatic hydroxyl groups excluding tert-OH is 1. The van der Waals surface area contributed by atoms with Gasteiger partial charge in [-0.1, -0.05) is 43.7 Å². The van der Waals surface area contributed by atoms with Crippen LogP contribution in [0.1, 0.15) is 56.4 Å². The van der Waals surface area contributed by atoms with Gasteiger partial charge in [0.05, 0.1) is 31.0 Å². The second-order valence-corrected chi connectivity index (χ2v) is 12.9. The highest BCUT2D eigenvalue weighted by Crippen LogP contribution is 2.26. The van der Waals surface area contributed by atoms with Gasteiger partial charge in [0.15, 0.2) is 11.6 Å². The minimum atomic E-state index is -1.50. The topological polar surface area (TPSA) is 173 Å². The van der Waals surface area contributed by atoms with Gasteiger partial charge in [-0.05, 0) is 53.9 Å². The SMILES string of the molecule is CC1=C[C@@H](O)C[C@@H](F)Cc2nc(co2)C(=O)N2CCC[C@@H]2C(=O)O[C@H]([C@@H](C)COC(=O)Nc2ccc(Br)nc2)[C@H](C)/C=C/C(=O)NCC=C1. The molecule has 264 valence electrons. The number of nitrogens with zero attached hydrogens (tertiary/aromatic N) is 3. The normalized spacial score (nSPS) is 25.8. The molecule has 4 rings (SSSR count). The van der Waals surface area contributed by atoms with Gasteiger partial charge in [0.25, 0.3) is 5.91 Å². The van der Waals surface area contributed by atoms with Crippen LogP contribution in [0.4, 0.5) is 14.9 Å². The van der Waals surface area contributed by atoms with Crippen molar-refractivity contribution in [1.29, 1.82) is 0 Å². The molecule has 0 aromatic carbocycles. The summed E-state index contributed by atoms with van der Waals surface area (Å²) in [6, 6.07) is 2.38. The molecule has 2 aliphatic rings. The number of hydrogen-bond acceptors (Lipinski definition) is 10. The zero-order chi connectivity index (χ0) is 35.5. The standard InChI is InChI=1S/C34H41BrFN5O8/c1-20-6-4-12-37-29(43)11-8-21(2)31(22(3)18-48-34(46)39-24-9-10-28(35)38-17-24)49-33(45)27-7-5-13-41(27)32(44)26-19-47-30(40-26)16-23(36)15-25(42)14-20/h4,6,8-11,14,17,19,21-23,25,27,31,42H,5,7,12-13,15-16,18H2,1-3H3,(H,37,43)(H,39,46)/b6-4?,11-8+,20-14?/t21-,22+,23-,25-,27-,31+/m1/s1. The summed E-state index contributed by atoms with van der Waals surface area (Å²) in [6.07, 6.45) is 6.65. The van der Waals surface area contributed by atoms with E-state index in [1.807, 2.05) is 0 Å². The number of pyridine rings is 1. The Morgan fingerprint density at radius 2 is 2.08 bits per heavy atom. The molecule has 6 atom stereocenters. The number of carbonyl (C=O) groups is 4. The summed E-state index contributed by atoms with van der Waals surface area (Å²) in [5, 5.41) is 15.6. The molecule has 0 aliphatic carbocycles. The molecule has 2 bridgehead atoms. The summed E-state index contributed by atoms with van der Waals surface area (Å²) < 4.78 is 32.2. The first-order chi connectivity index (χ1) is 23.4. The van der Waals surface area contributed by atoms with E-state index >= 15 is 0 Å². The molecule has 3 N–H and O–H groups in total. The Morgan fingerprint density at radius 3 is 2.84 bits per heavy atom. The summed E-state index contributed by atoms with van der Waals surface area (Å²) in [7, 11) is 0. The van der Waals surface area contributed by atoms with Gasteiger partial charge in [0, 0.05) is 31.3 Å². The predicted molar refractivity (Wildman–Crippen MR) is 180 cm³/mol. The van der Waals surface area contributed by atoms with Crippen molar-refractivity contribution in [2.45, 2.75) is 70.9 Å². The van der Waals surface area contributed by atoms with Gasteiger partial charge < -0.3 is 29.2 Å². The number of oxazole rings is 1. The molecular formula is C34H41BrFN5O8. The molecule has 0 saturated carbocycles. The van der Waals surface area contributed by atoms with Crippen LogP contribution < -0.4 is 10.6 Å². The average Bonchev–Trinajstić information content (AvgIpc) is 3.74. The first-order valence-corrected chi connectivity index (χ1v) is 16.8. The van der Waals surface area contributed by atoms with Gasteiger partial charge >= 0.3 is 12.1 Å². The van der Waals surface area contributed by atoms with E-state index in [4.69, 9.17) is 13.9 Å². The quantitative estimate of drug-likeness (QED) is 0.295. The van der Waals surface area contributed by atoms with Crippen LogP contribution >= 0.6 is 15.9 Å². The Balaban J connectivity index is 1.53. The van der Waals surface area contributed by atoms with E-state index in [1.54, 1.807) is 51.1 Å². The largest absolute Gasteiger partial charge is 0.460 e. The van der Waals surface area contributed by atoms with Crippen LogP contribution in [0.2, 0.25) is 0 Å². The molecule has 1 fully saturated rings. The Bertz CT molecular complexity index is 1560. The lowest BCUT2D eigenvalue weighted by Crippen LogP contribution is -2.44. The number of halogens is 2. The molecule has 4 heterocycles. The Hall–Kier alpha value is -4.37. The van der Waals surface area contributed by atoms with Crippen LogP contribution in [-0.2, 0) is 25.5 Å². The Kier molecular flexibility index (Phi) is 13.6. The molecule has 0 radical (unpaired) electrons. The highest BCUT2D eigenvalue weighted by molar-refractivity contribution is 9.10.